The monoisotopic (exact) mass is 160 g/mol. The Kier molecular flexibility index (Phi) is 2.87. The molecular formula is C8H16O3. The summed E-state index contributed by atoms with van der Waals surface area (Å²) in [6, 6.07) is 0. The van der Waals surface area contributed by atoms with Gasteiger partial charge in [0.2, 0.25) is 0 Å². The van der Waals surface area contributed by atoms with E-state index in [0.29, 0.717) is 6.61 Å². The van der Waals surface area contributed by atoms with E-state index < -0.39 is 0 Å². The standard InChI is InChI=1S/C8H16O3/c1-8(10-2)4-3-7(5-9)11-6-8/h7,9H,3-6H2,1-2H3. The Morgan fingerprint density at radius 1 is 1.73 bits per heavy atom. The lowest BCUT2D eigenvalue weighted by atomic mass is 9.96. The van der Waals surface area contributed by atoms with Crippen LogP contribution in [0.3, 0.4) is 0 Å². The number of rotatable bonds is 2. The topological polar surface area (TPSA) is 38.7 Å². The van der Waals surface area contributed by atoms with Crippen LogP contribution in [0.15, 0.2) is 0 Å². The molecule has 0 saturated carbocycles. The van der Waals surface area contributed by atoms with Crippen LogP contribution in [0.2, 0.25) is 0 Å². The maximum Gasteiger partial charge on any atom is 0.0884 e. The van der Waals surface area contributed by atoms with E-state index in [2.05, 4.69) is 0 Å². The Labute approximate surface area is 67.3 Å². The average Bonchev–Trinajstić information content (AvgIpc) is 2.06. The summed E-state index contributed by atoms with van der Waals surface area (Å²) in [6.45, 7) is 2.75. The third-order valence-corrected chi connectivity index (χ3v) is 2.32. The zero-order valence-electron chi connectivity index (χ0n) is 7.17. The molecule has 1 heterocycles. The fourth-order valence-electron chi connectivity index (χ4n) is 1.22. The Morgan fingerprint density at radius 3 is 2.82 bits per heavy atom. The Bertz CT molecular complexity index is 117. The molecule has 1 N–H and O–H groups in total. The van der Waals surface area contributed by atoms with Crippen molar-refractivity contribution >= 4 is 0 Å². The molecule has 2 unspecified atom stereocenters. The summed E-state index contributed by atoms with van der Waals surface area (Å²) in [4.78, 5) is 0. The molecule has 1 aliphatic rings. The maximum absolute atomic E-state index is 8.77. The fraction of sp³-hybridized carbons (Fsp3) is 1.00. The third kappa shape index (κ3) is 2.15. The van der Waals surface area contributed by atoms with Gasteiger partial charge in [0.15, 0.2) is 0 Å². The van der Waals surface area contributed by atoms with Crippen LogP contribution in [0.4, 0.5) is 0 Å². The van der Waals surface area contributed by atoms with E-state index >= 15 is 0 Å². The highest BCUT2D eigenvalue weighted by molar-refractivity contribution is 4.80. The molecule has 3 heteroatoms. The number of hydrogen-bond acceptors (Lipinski definition) is 3. The van der Waals surface area contributed by atoms with E-state index in [0.717, 1.165) is 12.8 Å². The van der Waals surface area contributed by atoms with Crippen LogP contribution in [-0.4, -0.2) is 37.1 Å². The number of aliphatic hydroxyl groups is 1. The van der Waals surface area contributed by atoms with Crippen LogP contribution in [0, 0.1) is 0 Å². The summed E-state index contributed by atoms with van der Waals surface area (Å²) < 4.78 is 10.6. The predicted octanol–water partition coefficient (Wildman–Crippen LogP) is 0.563. The molecule has 0 spiro atoms. The molecule has 0 aliphatic carbocycles. The van der Waals surface area contributed by atoms with Gasteiger partial charge in [0, 0.05) is 7.11 Å². The molecule has 0 aromatic heterocycles. The van der Waals surface area contributed by atoms with Crippen molar-refractivity contribution in [3.05, 3.63) is 0 Å². The summed E-state index contributed by atoms with van der Waals surface area (Å²) >= 11 is 0. The van der Waals surface area contributed by atoms with Gasteiger partial charge in [0.25, 0.3) is 0 Å². The summed E-state index contributed by atoms with van der Waals surface area (Å²) in [5.74, 6) is 0. The largest absolute Gasteiger partial charge is 0.394 e. The zero-order chi connectivity index (χ0) is 8.32. The van der Waals surface area contributed by atoms with E-state index in [1.54, 1.807) is 7.11 Å². The highest BCUT2D eigenvalue weighted by Gasteiger charge is 2.31. The van der Waals surface area contributed by atoms with Gasteiger partial charge in [-0.15, -0.1) is 0 Å². The lowest BCUT2D eigenvalue weighted by Crippen LogP contribution is -2.41. The van der Waals surface area contributed by atoms with Gasteiger partial charge < -0.3 is 14.6 Å². The van der Waals surface area contributed by atoms with E-state index in [1.165, 1.54) is 0 Å². The predicted molar refractivity (Wildman–Crippen MR) is 41.5 cm³/mol. The summed E-state index contributed by atoms with van der Waals surface area (Å²) in [7, 11) is 1.70. The van der Waals surface area contributed by atoms with Crippen molar-refractivity contribution in [2.24, 2.45) is 0 Å². The molecule has 0 aromatic rings. The molecule has 2 atom stereocenters. The molecule has 1 aliphatic heterocycles. The average molecular weight is 160 g/mol. The van der Waals surface area contributed by atoms with Crippen LogP contribution < -0.4 is 0 Å². The number of hydrogen-bond donors (Lipinski definition) is 1. The molecule has 1 fully saturated rings. The Balaban J connectivity index is 2.35. The van der Waals surface area contributed by atoms with Crippen LogP contribution >= 0.6 is 0 Å². The second-order valence-corrected chi connectivity index (χ2v) is 3.31. The SMILES string of the molecule is COC1(C)CCC(CO)OC1. The van der Waals surface area contributed by atoms with Gasteiger partial charge in [0.05, 0.1) is 24.9 Å². The van der Waals surface area contributed by atoms with Gasteiger partial charge in [-0.2, -0.15) is 0 Å². The first kappa shape index (κ1) is 8.97. The lowest BCUT2D eigenvalue weighted by Gasteiger charge is -2.35. The quantitative estimate of drug-likeness (QED) is 0.641. The minimum atomic E-state index is -0.133. The van der Waals surface area contributed by atoms with Gasteiger partial charge in [-0.3, -0.25) is 0 Å². The van der Waals surface area contributed by atoms with Crippen molar-refractivity contribution in [1.29, 1.82) is 0 Å². The summed E-state index contributed by atoms with van der Waals surface area (Å²) in [5, 5.41) is 8.77. The normalized spacial score (nSPS) is 39.0. The van der Waals surface area contributed by atoms with E-state index in [4.69, 9.17) is 14.6 Å². The van der Waals surface area contributed by atoms with Crippen LogP contribution in [0.5, 0.6) is 0 Å². The lowest BCUT2D eigenvalue weighted by molar-refractivity contribution is -0.136. The minimum absolute atomic E-state index is 0.0261. The second-order valence-electron chi connectivity index (χ2n) is 3.31. The molecule has 0 radical (unpaired) electrons. The molecule has 0 amide bonds. The van der Waals surface area contributed by atoms with Gasteiger partial charge >= 0.3 is 0 Å². The highest BCUT2D eigenvalue weighted by Crippen LogP contribution is 2.24. The minimum Gasteiger partial charge on any atom is -0.394 e. The molecule has 3 nitrogen and oxygen atoms in total. The highest BCUT2D eigenvalue weighted by atomic mass is 16.5. The molecule has 1 rings (SSSR count). The van der Waals surface area contributed by atoms with Crippen molar-refractivity contribution < 1.29 is 14.6 Å². The maximum atomic E-state index is 8.77. The first-order chi connectivity index (χ1) is 5.20. The Hall–Kier alpha value is -0.120. The first-order valence-corrected chi connectivity index (χ1v) is 3.98. The van der Waals surface area contributed by atoms with Crippen molar-refractivity contribution in [2.45, 2.75) is 31.5 Å². The molecule has 1 saturated heterocycles. The smallest absolute Gasteiger partial charge is 0.0884 e. The van der Waals surface area contributed by atoms with Gasteiger partial charge in [-0.1, -0.05) is 0 Å². The van der Waals surface area contributed by atoms with Crippen molar-refractivity contribution in [2.75, 3.05) is 20.3 Å². The molecule has 0 bridgehead atoms. The summed E-state index contributed by atoms with van der Waals surface area (Å²) in [5.41, 5.74) is -0.133. The van der Waals surface area contributed by atoms with Crippen LogP contribution in [-0.2, 0) is 9.47 Å². The summed E-state index contributed by atoms with van der Waals surface area (Å²) in [6.07, 6.45) is 1.88. The van der Waals surface area contributed by atoms with Crippen molar-refractivity contribution in [3.63, 3.8) is 0 Å². The molecule has 66 valence electrons. The van der Waals surface area contributed by atoms with Gasteiger partial charge in [0.1, 0.15) is 0 Å². The van der Waals surface area contributed by atoms with Crippen molar-refractivity contribution in [3.8, 4) is 0 Å². The van der Waals surface area contributed by atoms with Crippen molar-refractivity contribution in [1.82, 2.24) is 0 Å². The van der Waals surface area contributed by atoms with E-state index in [1.807, 2.05) is 6.92 Å². The molecular weight excluding hydrogens is 144 g/mol. The Morgan fingerprint density at radius 2 is 2.45 bits per heavy atom. The third-order valence-electron chi connectivity index (χ3n) is 2.32. The fourth-order valence-corrected chi connectivity index (χ4v) is 1.22. The first-order valence-electron chi connectivity index (χ1n) is 3.98. The molecule has 11 heavy (non-hydrogen) atoms. The van der Waals surface area contributed by atoms with Crippen LogP contribution in [0.25, 0.3) is 0 Å². The van der Waals surface area contributed by atoms with Gasteiger partial charge in [-0.25, -0.2) is 0 Å². The van der Waals surface area contributed by atoms with Crippen LogP contribution in [0.1, 0.15) is 19.8 Å². The number of aliphatic hydroxyl groups excluding tert-OH is 1. The zero-order valence-corrected chi connectivity index (χ0v) is 7.17. The van der Waals surface area contributed by atoms with E-state index in [9.17, 15) is 0 Å². The number of ether oxygens (including phenoxy) is 2. The molecule has 0 aromatic carbocycles. The second kappa shape index (κ2) is 3.52. The van der Waals surface area contributed by atoms with E-state index in [-0.39, 0.29) is 18.3 Å². The van der Waals surface area contributed by atoms with Gasteiger partial charge in [-0.05, 0) is 19.8 Å². The number of methoxy groups -OCH3 is 1.